The fraction of sp³-hybridized carbons (Fsp3) is 0.0455. The lowest BCUT2D eigenvalue weighted by Crippen LogP contribution is -1.97. The Balaban J connectivity index is 1.50. The van der Waals surface area contributed by atoms with Crippen LogP contribution >= 0.6 is 47.0 Å². The molecular weight excluding hydrogens is 475 g/mol. The molecule has 31 heavy (non-hydrogen) atoms. The number of nitrogens with zero attached hydrogens (tertiary/aromatic N) is 3. The van der Waals surface area contributed by atoms with E-state index in [0.29, 0.717) is 38.0 Å². The van der Waals surface area contributed by atoms with Crippen molar-refractivity contribution >= 4 is 53.2 Å². The molecule has 0 aliphatic rings. The number of halogens is 3. The first-order valence-electron chi connectivity index (χ1n) is 9.15. The van der Waals surface area contributed by atoms with Crippen LogP contribution in [0, 0.1) is 4.77 Å². The SMILES string of the molecule is S=c1[nH]nc(-c2ccccc2)n1N=Cc1ccc(OCc2ccc(Cl)c(Cl)c2)c(Cl)c1. The largest absolute Gasteiger partial charge is 0.487 e. The summed E-state index contributed by atoms with van der Waals surface area (Å²) in [5.41, 5.74) is 2.57. The van der Waals surface area contributed by atoms with E-state index in [4.69, 9.17) is 51.8 Å². The van der Waals surface area contributed by atoms with Gasteiger partial charge in [0.15, 0.2) is 5.82 Å². The molecule has 0 amide bonds. The molecule has 9 heteroatoms. The Morgan fingerprint density at radius 3 is 2.52 bits per heavy atom. The molecule has 0 atom stereocenters. The summed E-state index contributed by atoms with van der Waals surface area (Å²) in [6, 6.07) is 20.4. The third kappa shape index (κ3) is 5.17. The van der Waals surface area contributed by atoms with Gasteiger partial charge in [-0.15, -0.1) is 0 Å². The lowest BCUT2D eigenvalue weighted by atomic mass is 10.2. The van der Waals surface area contributed by atoms with E-state index in [-0.39, 0.29) is 0 Å². The highest BCUT2D eigenvalue weighted by Gasteiger charge is 2.08. The van der Waals surface area contributed by atoms with E-state index in [9.17, 15) is 0 Å². The van der Waals surface area contributed by atoms with Gasteiger partial charge < -0.3 is 4.74 Å². The minimum absolute atomic E-state index is 0.314. The molecule has 0 bridgehead atoms. The molecule has 5 nitrogen and oxygen atoms in total. The molecule has 1 aromatic heterocycles. The van der Waals surface area contributed by atoms with Crippen LogP contribution in [0.5, 0.6) is 5.75 Å². The zero-order valence-electron chi connectivity index (χ0n) is 15.9. The van der Waals surface area contributed by atoms with Crippen molar-refractivity contribution in [2.24, 2.45) is 5.10 Å². The van der Waals surface area contributed by atoms with Gasteiger partial charge in [-0.1, -0.05) is 71.2 Å². The monoisotopic (exact) mass is 488 g/mol. The van der Waals surface area contributed by atoms with E-state index in [0.717, 1.165) is 16.7 Å². The van der Waals surface area contributed by atoms with E-state index in [1.165, 1.54) is 0 Å². The quantitative estimate of drug-likeness (QED) is 0.234. The van der Waals surface area contributed by atoms with E-state index < -0.39 is 0 Å². The molecule has 4 aromatic rings. The second-order valence-electron chi connectivity index (χ2n) is 6.50. The fourth-order valence-electron chi connectivity index (χ4n) is 2.80. The molecule has 0 radical (unpaired) electrons. The predicted molar refractivity (Wildman–Crippen MR) is 128 cm³/mol. The summed E-state index contributed by atoms with van der Waals surface area (Å²) < 4.78 is 7.76. The lowest BCUT2D eigenvalue weighted by Gasteiger charge is -2.09. The van der Waals surface area contributed by atoms with Gasteiger partial charge in [-0.25, -0.2) is 5.10 Å². The Labute approximate surface area is 198 Å². The summed E-state index contributed by atoms with van der Waals surface area (Å²) in [6.07, 6.45) is 1.66. The first-order chi connectivity index (χ1) is 15.0. The van der Waals surface area contributed by atoms with Gasteiger partial charge >= 0.3 is 0 Å². The summed E-state index contributed by atoms with van der Waals surface area (Å²) in [5, 5.41) is 12.9. The maximum absolute atomic E-state index is 6.39. The molecule has 0 spiro atoms. The van der Waals surface area contributed by atoms with E-state index in [2.05, 4.69) is 15.3 Å². The van der Waals surface area contributed by atoms with Crippen molar-refractivity contribution in [2.75, 3.05) is 0 Å². The summed E-state index contributed by atoms with van der Waals surface area (Å²) in [6.45, 7) is 0.314. The standard InChI is InChI=1S/C22H15Cl3N4OS/c23-17-8-6-15(11-18(17)24)13-30-20-9-7-14(10-19(20)25)12-26-29-21(27-28-22(29)31)16-4-2-1-3-5-16/h1-12H,13H2,(H,28,31). The maximum Gasteiger partial charge on any atom is 0.216 e. The number of H-pyrrole nitrogens is 1. The highest BCUT2D eigenvalue weighted by Crippen LogP contribution is 2.27. The first kappa shape index (κ1) is 21.6. The van der Waals surface area contributed by atoms with Crippen molar-refractivity contribution in [1.82, 2.24) is 14.9 Å². The molecule has 0 unspecified atom stereocenters. The number of rotatable bonds is 6. The Hall–Kier alpha value is -2.64. The second-order valence-corrected chi connectivity index (χ2v) is 8.11. The molecule has 1 N–H and O–H groups in total. The Morgan fingerprint density at radius 2 is 1.77 bits per heavy atom. The third-order valence-corrected chi connectivity index (χ3v) is 5.64. The van der Waals surface area contributed by atoms with Gasteiger partial charge in [-0.05, 0) is 53.7 Å². The normalized spacial score (nSPS) is 11.2. The first-order valence-corrected chi connectivity index (χ1v) is 10.7. The van der Waals surface area contributed by atoms with Gasteiger partial charge in [0.1, 0.15) is 12.4 Å². The molecule has 156 valence electrons. The lowest BCUT2D eigenvalue weighted by molar-refractivity contribution is 0.306. The number of hydrogen-bond donors (Lipinski definition) is 1. The number of hydrogen-bond acceptors (Lipinski definition) is 4. The topological polar surface area (TPSA) is 55.2 Å². The van der Waals surface area contributed by atoms with Crippen LogP contribution in [0.1, 0.15) is 11.1 Å². The van der Waals surface area contributed by atoms with Gasteiger partial charge in [0.2, 0.25) is 4.77 Å². The maximum atomic E-state index is 6.39. The summed E-state index contributed by atoms with van der Waals surface area (Å²) in [7, 11) is 0. The van der Waals surface area contributed by atoms with Crippen LogP contribution in [-0.4, -0.2) is 21.1 Å². The smallest absolute Gasteiger partial charge is 0.216 e. The molecule has 4 rings (SSSR count). The van der Waals surface area contributed by atoms with Gasteiger partial charge in [0, 0.05) is 5.56 Å². The Kier molecular flexibility index (Phi) is 6.73. The molecule has 0 saturated carbocycles. The van der Waals surface area contributed by atoms with Crippen LogP contribution in [0.2, 0.25) is 15.1 Å². The highest BCUT2D eigenvalue weighted by molar-refractivity contribution is 7.71. The van der Waals surface area contributed by atoms with E-state index in [1.807, 2.05) is 42.5 Å². The molecule has 0 aliphatic heterocycles. The third-order valence-electron chi connectivity index (χ3n) is 4.34. The van der Waals surface area contributed by atoms with Gasteiger partial charge in [-0.2, -0.15) is 14.9 Å². The van der Waals surface area contributed by atoms with Gasteiger partial charge in [-0.3, -0.25) is 0 Å². The van der Waals surface area contributed by atoms with Gasteiger partial charge in [0.25, 0.3) is 0 Å². The second kappa shape index (κ2) is 9.66. The van der Waals surface area contributed by atoms with Crippen LogP contribution in [0.15, 0.2) is 71.8 Å². The van der Waals surface area contributed by atoms with Crippen LogP contribution in [0.4, 0.5) is 0 Å². The molecule has 0 fully saturated rings. The van der Waals surface area contributed by atoms with E-state index in [1.54, 1.807) is 35.2 Å². The van der Waals surface area contributed by atoms with Crippen molar-refractivity contribution in [3.8, 4) is 17.1 Å². The Morgan fingerprint density at radius 1 is 0.968 bits per heavy atom. The minimum Gasteiger partial charge on any atom is -0.487 e. The molecule has 3 aromatic carbocycles. The van der Waals surface area contributed by atoms with Crippen molar-refractivity contribution in [2.45, 2.75) is 6.61 Å². The average Bonchev–Trinajstić information content (AvgIpc) is 3.15. The number of benzene rings is 3. The summed E-state index contributed by atoms with van der Waals surface area (Å²) >= 11 is 23.7. The summed E-state index contributed by atoms with van der Waals surface area (Å²) in [4.78, 5) is 0. The number of ether oxygens (including phenoxy) is 1. The van der Waals surface area contributed by atoms with Crippen molar-refractivity contribution < 1.29 is 4.74 Å². The predicted octanol–water partition coefficient (Wildman–Crippen LogP) is 7.03. The zero-order chi connectivity index (χ0) is 21.8. The fourth-order valence-corrected chi connectivity index (χ4v) is 3.55. The Bertz CT molecular complexity index is 1300. The zero-order valence-corrected chi connectivity index (χ0v) is 19.0. The van der Waals surface area contributed by atoms with Crippen LogP contribution < -0.4 is 4.74 Å². The van der Waals surface area contributed by atoms with Crippen LogP contribution in [-0.2, 0) is 6.61 Å². The van der Waals surface area contributed by atoms with Crippen molar-refractivity contribution in [3.63, 3.8) is 0 Å². The van der Waals surface area contributed by atoms with E-state index >= 15 is 0 Å². The van der Waals surface area contributed by atoms with Crippen LogP contribution in [0.3, 0.4) is 0 Å². The number of aromatic amines is 1. The van der Waals surface area contributed by atoms with Crippen LogP contribution in [0.25, 0.3) is 11.4 Å². The van der Waals surface area contributed by atoms with Crippen molar-refractivity contribution in [3.05, 3.63) is 97.7 Å². The van der Waals surface area contributed by atoms with Gasteiger partial charge in [0.05, 0.1) is 21.3 Å². The number of aromatic nitrogens is 3. The molecule has 1 heterocycles. The average molecular weight is 490 g/mol. The number of nitrogens with one attached hydrogen (secondary N) is 1. The molecule has 0 aliphatic carbocycles. The molecular formula is C22H15Cl3N4OS. The van der Waals surface area contributed by atoms with Crippen molar-refractivity contribution in [1.29, 1.82) is 0 Å². The highest BCUT2D eigenvalue weighted by atomic mass is 35.5. The molecule has 0 saturated heterocycles. The minimum atomic E-state index is 0.314. The summed E-state index contributed by atoms with van der Waals surface area (Å²) in [5.74, 6) is 1.17.